The van der Waals surface area contributed by atoms with Gasteiger partial charge in [0.15, 0.2) is 17.5 Å². The van der Waals surface area contributed by atoms with Gasteiger partial charge in [0, 0.05) is 38.2 Å². The zero-order valence-electron chi connectivity index (χ0n) is 33.9. The van der Waals surface area contributed by atoms with E-state index in [0.29, 0.717) is 17.5 Å². The standard InChI is InChI=1S/C58H35N3O2/c1-2-12-38(13-3-1)55-59-56(61-57(60-55)40-28-32-53-47(34-40)45-16-6-10-20-51(45)62-53)39-24-22-36(23-25-39)37-26-29-41(30-27-37)58(49-18-8-4-14-43(49)44-15-5-9-19-50(44)58)42-31-33-54-48(35-42)46-17-7-11-21-52(46)63-54/h1-35H. The molecule has 0 atom stereocenters. The van der Waals surface area contributed by atoms with Crippen LogP contribution in [-0.4, -0.2) is 15.0 Å². The molecule has 0 radical (unpaired) electrons. The van der Waals surface area contributed by atoms with Gasteiger partial charge in [-0.1, -0.05) is 170 Å². The van der Waals surface area contributed by atoms with E-state index in [0.717, 1.165) is 71.7 Å². The smallest absolute Gasteiger partial charge is 0.164 e. The number of benzene rings is 9. The Morgan fingerprint density at radius 3 is 1.32 bits per heavy atom. The number of hydrogen-bond acceptors (Lipinski definition) is 5. The zero-order chi connectivity index (χ0) is 41.5. The molecule has 63 heavy (non-hydrogen) atoms. The van der Waals surface area contributed by atoms with Crippen molar-refractivity contribution in [1.82, 2.24) is 15.0 Å². The van der Waals surface area contributed by atoms with Gasteiger partial charge in [-0.25, -0.2) is 15.0 Å². The lowest BCUT2D eigenvalue weighted by atomic mass is 9.67. The van der Waals surface area contributed by atoms with E-state index in [1.807, 2.05) is 72.8 Å². The fourth-order valence-electron chi connectivity index (χ4n) is 9.92. The van der Waals surface area contributed by atoms with Gasteiger partial charge in [0.1, 0.15) is 22.3 Å². The van der Waals surface area contributed by atoms with Gasteiger partial charge in [0.2, 0.25) is 0 Å². The first-order valence-electron chi connectivity index (χ1n) is 21.2. The van der Waals surface area contributed by atoms with E-state index in [-0.39, 0.29) is 0 Å². The average molecular weight is 806 g/mol. The van der Waals surface area contributed by atoms with Gasteiger partial charge in [0.05, 0.1) is 5.41 Å². The van der Waals surface area contributed by atoms with Gasteiger partial charge in [-0.3, -0.25) is 0 Å². The maximum absolute atomic E-state index is 6.31. The summed E-state index contributed by atoms with van der Waals surface area (Å²) in [4.78, 5) is 15.1. The lowest BCUT2D eigenvalue weighted by Crippen LogP contribution is -2.28. The Balaban J connectivity index is 0.903. The molecule has 5 nitrogen and oxygen atoms in total. The second-order valence-electron chi connectivity index (χ2n) is 16.3. The molecule has 3 heterocycles. The van der Waals surface area contributed by atoms with E-state index in [9.17, 15) is 0 Å². The van der Waals surface area contributed by atoms with Crippen LogP contribution in [0.4, 0.5) is 0 Å². The van der Waals surface area contributed by atoms with E-state index in [1.165, 1.54) is 33.4 Å². The van der Waals surface area contributed by atoms with Crippen molar-refractivity contribution in [3.05, 3.63) is 235 Å². The molecule has 0 saturated carbocycles. The van der Waals surface area contributed by atoms with Gasteiger partial charge in [-0.05, 0) is 87.0 Å². The van der Waals surface area contributed by atoms with Crippen molar-refractivity contribution in [3.8, 4) is 56.4 Å². The summed E-state index contributed by atoms with van der Waals surface area (Å²) in [6.45, 7) is 0. The highest BCUT2D eigenvalue weighted by Crippen LogP contribution is 2.56. The van der Waals surface area contributed by atoms with Gasteiger partial charge in [0.25, 0.3) is 0 Å². The average Bonchev–Trinajstić information content (AvgIpc) is 4.02. The Bertz CT molecular complexity index is 3690. The molecule has 0 fully saturated rings. The summed E-state index contributed by atoms with van der Waals surface area (Å²) < 4.78 is 12.4. The monoisotopic (exact) mass is 805 g/mol. The number of hydrogen-bond donors (Lipinski definition) is 0. The van der Waals surface area contributed by atoms with Crippen LogP contribution in [0.1, 0.15) is 22.3 Å². The molecule has 294 valence electrons. The topological polar surface area (TPSA) is 65.0 Å². The maximum Gasteiger partial charge on any atom is 0.164 e. The van der Waals surface area contributed by atoms with E-state index < -0.39 is 5.41 Å². The lowest BCUT2D eigenvalue weighted by molar-refractivity contribution is 0.668. The van der Waals surface area contributed by atoms with Gasteiger partial charge in [-0.15, -0.1) is 0 Å². The summed E-state index contributed by atoms with van der Waals surface area (Å²) in [5.74, 6) is 1.84. The normalized spacial score (nSPS) is 12.9. The summed E-state index contributed by atoms with van der Waals surface area (Å²) in [5, 5.41) is 4.33. The van der Waals surface area contributed by atoms with Crippen molar-refractivity contribution < 1.29 is 8.83 Å². The third kappa shape index (κ3) is 5.46. The number of aromatic nitrogens is 3. The van der Waals surface area contributed by atoms with Crippen LogP contribution in [-0.2, 0) is 5.41 Å². The zero-order valence-corrected chi connectivity index (χ0v) is 33.9. The number of rotatable bonds is 6. The molecule has 0 amide bonds. The van der Waals surface area contributed by atoms with Crippen LogP contribution in [0, 0.1) is 0 Å². The van der Waals surface area contributed by atoms with Gasteiger partial charge in [-0.2, -0.15) is 0 Å². The molecule has 13 rings (SSSR count). The van der Waals surface area contributed by atoms with Crippen molar-refractivity contribution >= 4 is 43.9 Å². The van der Waals surface area contributed by atoms with Crippen molar-refractivity contribution in [1.29, 1.82) is 0 Å². The Morgan fingerprint density at radius 1 is 0.286 bits per heavy atom. The van der Waals surface area contributed by atoms with Crippen LogP contribution in [0.15, 0.2) is 221 Å². The molecule has 0 N–H and O–H groups in total. The van der Waals surface area contributed by atoms with Crippen LogP contribution in [0.3, 0.4) is 0 Å². The first-order chi connectivity index (χ1) is 31.2. The maximum atomic E-state index is 6.31. The quantitative estimate of drug-likeness (QED) is 0.167. The highest BCUT2D eigenvalue weighted by molar-refractivity contribution is 6.07. The minimum Gasteiger partial charge on any atom is -0.456 e. The third-order valence-corrected chi connectivity index (χ3v) is 12.9. The van der Waals surface area contributed by atoms with Crippen molar-refractivity contribution in [2.75, 3.05) is 0 Å². The van der Waals surface area contributed by atoms with Crippen molar-refractivity contribution in [2.45, 2.75) is 5.41 Å². The second kappa shape index (κ2) is 13.8. The Labute approximate surface area is 362 Å². The third-order valence-electron chi connectivity index (χ3n) is 12.9. The highest BCUT2D eigenvalue weighted by Gasteiger charge is 2.46. The first kappa shape index (κ1) is 35.4. The van der Waals surface area contributed by atoms with Crippen LogP contribution < -0.4 is 0 Å². The summed E-state index contributed by atoms with van der Waals surface area (Å²) >= 11 is 0. The molecule has 12 aromatic rings. The summed E-state index contributed by atoms with van der Waals surface area (Å²) in [5.41, 5.74) is 15.4. The molecule has 9 aromatic carbocycles. The highest BCUT2D eigenvalue weighted by atomic mass is 16.3. The fourth-order valence-corrected chi connectivity index (χ4v) is 9.92. The largest absolute Gasteiger partial charge is 0.456 e. The Kier molecular flexibility index (Phi) is 7.75. The predicted octanol–water partition coefficient (Wildman–Crippen LogP) is 14.7. The summed E-state index contributed by atoms with van der Waals surface area (Å²) in [6, 6.07) is 74.8. The van der Waals surface area contributed by atoms with E-state index in [1.54, 1.807) is 0 Å². The van der Waals surface area contributed by atoms with Crippen molar-refractivity contribution in [2.24, 2.45) is 0 Å². The van der Waals surface area contributed by atoms with Crippen LogP contribution in [0.5, 0.6) is 0 Å². The van der Waals surface area contributed by atoms with Crippen LogP contribution in [0.2, 0.25) is 0 Å². The number of fused-ring (bicyclic) bond motifs is 9. The molecule has 0 unspecified atom stereocenters. The second-order valence-corrected chi connectivity index (χ2v) is 16.3. The summed E-state index contributed by atoms with van der Waals surface area (Å²) in [6.07, 6.45) is 0. The Hall–Kier alpha value is -8.41. The molecule has 0 bridgehead atoms. The van der Waals surface area contributed by atoms with Crippen LogP contribution in [0.25, 0.3) is 100 Å². The molecule has 0 spiro atoms. The van der Waals surface area contributed by atoms with Gasteiger partial charge < -0.3 is 8.83 Å². The minimum atomic E-state index is -0.537. The van der Waals surface area contributed by atoms with E-state index in [4.69, 9.17) is 23.8 Å². The molecule has 1 aliphatic carbocycles. The molecular formula is C58H35N3O2. The SMILES string of the molecule is c1ccc(-c2nc(-c3ccc(-c4ccc(C5(c6ccc7oc8ccccc8c7c6)c6ccccc6-c6ccccc65)cc4)cc3)nc(-c3ccc4oc5ccccc5c4c3)n2)cc1. The molecule has 0 saturated heterocycles. The summed E-state index contributed by atoms with van der Waals surface area (Å²) in [7, 11) is 0. The first-order valence-corrected chi connectivity index (χ1v) is 21.2. The molecule has 0 aliphatic heterocycles. The number of para-hydroxylation sites is 2. The Morgan fingerprint density at radius 2 is 0.698 bits per heavy atom. The molecular weight excluding hydrogens is 771 g/mol. The minimum absolute atomic E-state index is 0.537. The predicted molar refractivity (Wildman–Crippen MR) is 253 cm³/mol. The molecule has 5 heteroatoms. The molecule has 3 aromatic heterocycles. The van der Waals surface area contributed by atoms with E-state index >= 15 is 0 Å². The fraction of sp³-hybridized carbons (Fsp3) is 0.0172. The van der Waals surface area contributed by atoms with Gasteiger partial charge >= 0.3 is 0 Å². The molecule has 1 aliphatic rings. The van der Waals surface area contributed by atoms with Crippen molar-refractivity contribution in [3.63, 3.8) is 0 Å². The van der Waals surface area contributed by atoms with Crippen LogP contribution >= 0.6 is 0 Å². The number of nitrogens with zero attached hydrogens (tertiary/aromatic N) is 3. The number of furan rings is 2. The van der Waals surface area contributed by atoms with E-state index in [2.05, 4.69) is 140 Å². The lowest BCUT2D eigenvalue weighted by Gasteiger charge is -2.34.